The van der Waals surface area contributed by atoms with Crippen LogP contribution in [0.2, 0.25) is 0 Å². The maximum atomic E-state index is 13.6. The third-order valence-corrected chi connectivity index (χ3v) is 5.92. The highest BCUT2D eigenvalue weighted by Gasteiger charge is 2.28. The van der Waals surface area contributed by atoms with Crippen molar-refractivity contribution in [1.82, 2.24) is 0 Å². The summed E-state index contributed by atoms with van der Waals surface area (Å²) in [6.45, 7) is 0.457. The van der Waals surface area contributed by atoms with Crippen molar-refractivity contribution < 1.29 is 23.4 Å². The summed E-state index contributed by atoms with van der Waals surface area (Å²) >= 11 is 0. The molecule has 6 nitrogen and oxygen atoms in total. The number of methoxy groups -OCH3 is 2. The lowest BCUT2D eigenvalue weighted by atomic mass is 10.1. The molecule has 0 bridgehead atoms. The normalized spacial score (nSPS) is 10.8. The summed E-state index contributed by atoms with van der Waals surface area (Å²) in [4.78, 5) is 13.6. The van der Waals surface area contributed by atoms with Gasteiger partial charge in [-0.2, -0.15) is 0 Å². The van der Waals surface area contributed by atoms with Gasteiger partial charge in [0.25, 0.3) is 0 Å². The minimum Gasteiger partial charge on any atom is -0.490 e. The van der Waals surface area contributed by atoms with Gasteiger partial charge in [0.1, 0.15) is 24.4 Å². The summed E-state index contributed by atoms with van der Waals surface area (Å²) in [6, 6.07) is 30.3. The zero-order valence-corrected chi connectivity index (χ0v) is 20.6. The number of rotatable bonds is 9. The van der Waals surface area contributed by atoms with E-state index in [4.69, 9.17) is 23.4 Å². The molecule has 4 aromatic carbocycles. The Kier molecular flexibility index (Phi) is 7.08. The lowest BCUT2D eigenvalue weighted by molar-refractivity contribution is 0.258. The molecule has 0 radical (unpaired) electrons. The molecule has 0 saturated heterocycles. The van der Waals surface area contributed by atoms with Gasteiger partial charge in [0.05, 0.1) is 14.2 Å². The highest BCUT2D eigenvalue weighted by Crippen LogP contribution is 2.51. The molecule has 0 amide bonds. The Balaban J connectivity index is 1.72. The largest absolute Gasteiger partial charge is 0.490 e. The molecular formula is C31H26O6. The number of fused-ring (bicyclic) bond motifs is 1. The third-order valence-electron chi connectivity index (χ3n) is 5.92. The van der Waals surface area contributed by atoms with E-state index in [0.29, 0.717) is 5.76 Å². The van der Waals surface area contributed by atoms with Gasteiger partial charge in [-0.25, -0.2) is 0 Å². The molecule has 1 aromatic heterocycles. The maximum absolute atomic E-state index is 13.6. The minimum atomic E-state index is -0.284. The first-order valence-electron chi connectivity index (χ1n) is 11.8. The number of benzene rings is 4. The van der Waals surface area contributed by atoms with Crippen molar-refractivity contribution in [3.8, 4) is 34.3 Å². The summed E-state index contributed by atoms with van der Waals surface area (Å²) in [7, 11) is 3.01. The Labute approximate surface area is 214 Å². The third kappa shape index (κ3) is 5.00. The van der Waals surface area contributed by atoms with Gasteiger partial charge in [-0.15, -0.1) is 0 Å². The molecule has 6 heteroatoms. The standard InChI is InChI=1S/C31H26O6/c1-33-29-27(35-19-21-12-6-3-7-13-21)26-24(32)18-25(23-16-10-5-11-17-23)37-28(26)31(30(29)34-2)36-20-22-14-8-4-9-15-22/h3-18H,19-20H2,1-2H3. The Bertz CT molecular complexity index is 1540. The van der Waals surface area contributed by atoms with Crippen molar-refractivity contribution >= 4 is 11.0 Å². The number of hydrogen-bond acceptors (Lipinski definition) is 6. The Morgan fingerprint density at radius 1 is 0.622 bits per heavy atom. The molecule has 0 aliphatic carbocycles. The second kappa shape index (κ2) is 10.9. The first-order chi connectivity index (χ1) is 18.2. The van der Waals surface area contributed by atoms with Crippen LogP contribution in [0.25, 0.3) is 22.3 Å². The Hall–Kier alpha value is -4.71. The summed E-state index contributed by atoms with van der Waals surface area (Å²) in [6.07, 6.45) is 0. The van der Waals surface area contributed by atoms with Crippen molar-refractivity contribution in [2.45, 2.75) is 13.2 Å². The highest BCUT2D eigenvalue weighted by molar-refractivity contribution is 5.95. The second-order valence-electron chi connectivity index (χ2n) is 8.32. The average molecular weight is 495 g/mol. The predicted molar refractivity (Wildman–Crippen MR) is 143 cm³/mol. The van der Waals surface area contributed by atoms with Crippen molar-refractivity contribution in [1.29, 1.82) is 0 Å². The summed E-state index contributed by atoms with van der Waals surface area (Å²) in [5.74, 6) is 1.44. The fourth-order valence-electron chi connectivity index (χ4n) is 4.14. The number of hydrogen-bond donors (Lipinski definition) is 0. The molecule has 0 spiro atoms. The van der Waals surface area contributed by atoms with E-state index >= 15 is 0 Å². The zero-order chi connectivity index (χ0) is 25.6. The molecule has 0 N–H and O–H groups in total. The van der Waals surface area contributed by atoms with E-state index in [2.05, 4.69) is 0 Å². The van der Waals surface area contributed by atoms with Crippen LogP contribution in [0.5, 0.6) is 23.0 Å². The first-order valence-corrected chi connectivity index (χ1v) is 11.8. The van der Waals surface area contributed by atoms with E-state index in [1.165, 1.54) is 20.3 Å². The first kappa shape index (κ1) is 24.0. The molecule has 186 valence electrons. The molecular weight excluding hydrogens is 468 g/mol. The highest BCUT2D eigenvalue weighted by atomic mass is 16.6. The predicted octanol–water partition coefficient (Wildman–Crippen LogP) is 6.64. The van der Waals surface area contributed by atoms with Crippen molar-refractivity contribution in [3.63, 3.8) is 0 Å². The molecule has 5 aromatic rings. The Morgan fingerprint density at radius 3 is 1.65 bits per heavy atom. The average Bonchev–Trinajstić information content (AvgIpc) is 2.95. The molecule has 0 unspecified atom stereocenters. The molecule has 0 aliphatic heterocycles. The van der Waals surface area contributed by atoms with Gasteiger partial charge in [-0.05, 0) is 11.1 Å². The molecule has 0 atom stereocenters. The van der Waals surface area contributed by atoms with E-state index in [1.807, 2.05) is 91.0 Å². The lowest BCUT2D eigenvalue weighted by Crippen LogP contribution is -2.09. The van der Waals surface area contributed by atoms with E-state index in [-0.39, 0.29) is 52.6 Å². The van der Waals surface area contributed by atoms with Crippen LogP contribution in [0.4, 0.5) is 0 Å². The summed E-state index contributed by atoms with van der Waals surface area (Å²) in [5, 5.41) is 0.219. The molecule has 0 saturated carbocycles. The van der Waals surface area contributed by atoms with Gasteiger partial charge in [-0.1, -0.05) is 91.0 Å². The fourth-order valence-corrected chi connectivity index (χ4v) is 4.14. The van der Waals surface area contributed by atoms with Gasteiger partial charge in [0.15, 0.2) is 16.8 Å². The topological polar surface area (TPSA) is 67.1 Å². The van der Waals surface area contributed by atoms with Crippen LogP contribution in [-0.2, 0) is 13.2 Å². The second-order valence-corrected chi connectivity index (χ2v) is 8.32. The minimum absolute atomic E-state index is 0.219. The summed E-state index contributed by atoms with van der Waals surface area (Å²) in [5.41, 5.74) is 2.59. The van der Waals surface area contributed by atoms with Gasteiger partial charge in [-0.3, -0.25) is 4.79 Å². The Morgan fingerprint density at radius 2 is 1.11 bits per heavy atom. The molecule has 0 aliphatic rings. The van der Waals surface area contributed by atoms with Crippen LogP contribution in [0.1, 0.15) is 11.1 Å². The van der Waals surface area contributed by atoms with Gasteiger partial charge in [0, 0.05) is 11.6 Å². The monoisotopic (exact) mass is 494 g/mol. The maximum Gasteiger partial charge on any atom is 0.211 e. The van der Waals surface area contributed by atoms with Crippen LogP contribution in [0.3, 0.4) is 0 Å². The van der Waals surface area contributed by atoms with Crippen molar-refractivity contribution in [3.05, 3.63) is 118 Å². The smallest absolute Gasteiger partial charge is 0.211 e. The quantitative estimate of drug-likeness (QED) is 0.229. The molecule has 1 heterocycles. The summed E-state index contributed by atoms with van der Waals surface area (Å²) < 4.78 is 30.2. The molecule has 37 heavy (non-hydrogen) atoms. The zero-order valence-electron chi connectivity index (χ0n) is 20.6. The lowest BCUT2D eigenvalue weighted by Gasteiger charge is -2.20. The van der Waals surface area contributed by atoms with Crippen LogP contribution in [0, 0.1) is 0 Å². The van der Waals surface area contributed by atoms with Crippen LogP contribution >= 0.6 is 0 Å². The number of ether oxygens (including phenoxy) is 4. The molecule has 5 rings (SSSR count). The SMILES string of the molecule is COc1c(OC)c(OCc2ccccc2)c2c(=O)cc(-c3ccccc3)oc2c1OCc1ccccc1. The fraction of sp³-hybridized carbons (Fsp3) is 0.129. The van der Waals surface area contributed by atoms with Gasteiger partial charge >= 0.3 is 0 Å². The van der Waals surface area contributed by atoms with Crippen molar-refractivity contribution in [2.24, 2.45) is 0 Å². The van der Waals surface area contributed by atoms with E-state index in [9.17, 15) is 4.79 Å². The van der Waals surface area contributed by atoms with Gasteiger partial charge < -0.3 is 23.4 Å². The van der Waals surface area contributed by atoms with E-state index in [1.54, 1.807) is 0 Å². The molecule has 0 fully saturated rings. The van der Waals surface area contributed by atoms with Crippen LogP contribution < -0.4 is 24.4 Å². The van der Waals surface area contributed by atoms with Crippen LogP contribution in [0.15, 0.2) is 106 Å². The van der Waals surface area contributed by atoms with Gasteiger partial charge in [0.2, 0.25) is 17.2 Å². The van der Waals surface area contributed by atoms with Crippen LogP contribution in [-0.4, -0.2) is 14.2 Å². The van der Waals surface area contributed by atoms with E-state index in [0.717, 1.165) is 16.7 Å². The van der Waals surface area contributed by atoms with Crippen molar-refractivity contribution in [2.75, 3.05) is 14.2 Å². The van der Waals surface area contributed by atoms with E-state index < -0.39 is 0 Å².